The highest BCUT2D eigenvalue weighted by Gasteiger charge is 2.18. The van der Waals surface area contributed by atoms with Crippen molar-refractivity contribution in [1.82, 2.24) is 0 Å². The Hall–Kier alpha value is -2.06. The van der Waals surface area contributed by atoms with Gasteiger partial charge in [0.2, 0.25) is 0 Å². The molecule has 0 bridgehead atoms. The number of carbonyl (C=O) groups excluding carboxylic acids is 2. The molecule has 21 heavy (non-hydrogen) atoms. The van der Waals surface area contributed by atoms with E-state index in [1.807, 2.05) is 26.8 Å². The third-order valence-electron chi connectivity index (χ3n) is 2.41. The minimum Gasteiger partial charge on any atom is -0.456 e. The quantitative estimate of drug-likeness (QED) is 0.867. The summed E-state index contributed by atoms with van der Waals surface area (Å²) in [5.74, 6) is -0.881. The predicted molar refractivity (Wildman–Crippen MR) is 79.8 cm³/mol. The molecule has 0 fully saturated rings. The molecule has 0 radical (unpaired) electrons. The highest BCUT2D eigenvalue weighted by Crippen LogP contribution is 2.20. The molecule has 1 aromatic carbocycles. The molecule has 1 aromatic rings. The summed E-state index contributed by atoms with van der Waals surface area (Å²) in [6, 6.07) is 6.45. The van der Waals surface area contributed by atoms with Crippen molar-refractivity contribution in [2.45, 2.75) is 27.2 Å². The van der Waals surface area contributed by atoms with Crippen LogP contribution in [-0.2, 0) is 14.3 Å². The van der Waals surface area contributed by atoms with Gasteiger partial charge in [-0.25, -0.2) is 0 Å². The first-order chi connectivity index (χ1) is 9.71. The largest absolute Gasteiger partial charge is 0.456 e. The van der Waals surface area contributed by atoms with Gasteiger partial charge in [0.1, 0.15) is 6.07 Å². The number of nitrogens with one attached hydrogen (secondary N) is 1. The van der Waals surface area contributed by atoms with Crippen LogP contribution in [0.2, 0.25) is 5.02 Å². The molecule has 0 unspecified atom stereocenters. The van der Waals surface area contributed by atoms with Crippen LogP contribution in [0.15, 0.2) is 18.2 Å². The molecule has 1 rings (SSSR count). The van der Waals surface area contributed by atoms with Crippen molar-refractivity contribution in [3.63, 3.8) is 0 Å². The van der Waals surface area contributed by atoms with Crippen LogP contribution in [0.25, 0.3) is 0 Å². The summed E-state index contributed by atoms with van der Waals surface area (Å²) >= 11 is 5.85. The molecule has 0 heterocycles. The lowest BCUT2D eigenvalue weighted by Crippen LogP contribution is -2.23. The third-order valence-corrected chi connectivity index (χ3v) is 2.72. The number of anilines is 1. The average molecular weight is 309 g/mol. The van der Waals surface area contributed by atoms with Gasteiger partial charge in [-0.2, -0.15) is 5.26 Å². The lowest BCUT2D eigenvalue weighted by molar-refractivity contribution is -0.149. The lowest BCUT2D eigenvalue weighted by Gasteiger charge is -2.16. The van der Waals surface area contributed by atoms with Crippen molar-refractivity contribution in [3.8, 4) is 6.07 Å². The van der Waals surface area contributed by atoms with E-state index >= 15 is 0 Å². The summed E-state index contributed by atoms with van der Waals surface area (Å²) in [4.78, 5) is 23.1. The molecule has 0 aliphatic rings. The summed E-state index contributed by atoms with van der Waals surface area (Å²) in [7, 11) is 0. The van der Waals surface area contributed by atoms with Crippen molar-refractivity contribution in [3.05, 3.63) is 28.8 Å². The van der Waals surface area contributed by atoms with E-state index in [0.717, 1.165) is 0 Å². The second-order valence-electron chi connectivity index (χ2n) is 5.75. The second-order valence-corrected chi connectivity index (χ2v) is 6.16. The topological polar surface area (TPSA) is 79.2 Å². The number of nitriles is 1. The Morgan fingerprint density at radius 1 is 1.38 bits per heavy atom. The normalized spacial score (nSPS) is 10.6. The highest BCUT2D eigenvalue weighted by atomic mass is 35.5. The highest BCUT2D eigenvalue weighted by molar-refractivity contribution is 6.32. The zero-order chi connectivity index (χ0) is 16.0. The fraction of sp³-hybridized carbons (Fsp3) is 0.400. The minimum atomic E-state index is -0.460. The standard InChI is InChI=1S/C15H17ClN2O3/c1-15(2,3)7-14(20)21-9-13(19)18-11-5-4-10(8-17)12(16)6-11/h4-6H,7,9H2,1-3H3,(H,18,19). The van der Waals surface area contributed by atoms with Gasteiger partial charge in [-0.3, -0.25) is 9.59 Å². The SMILES string of the molecule is CC(C)(C)CC(=O)OCC(=O)Nc1ccc(C#N)c(Cl)c1. The van der Waals surface area contributed by atoms with Gasteiger partial charge in [0.15, 0.2) is 6.61 Å². The summed E-state index contributed by atoms with van der Waals surface area (Å²) < 4.78 is 4.89. The maximum atomic E-state index is 11.7. The number of rotatable bonds is 4. The maximum absolute atomic E-state index is 11.7. The zero-order valence-electron chi connectivity index (χ0n) is 12.2. The van der Waals surface area contributed by atoms with Crippen molar-refractivity contribution < 1.29 is 14.3 Å². The number of ether oxygens (including phenoxy) is 1. The van der Waals surface area contributed by atoms with Gasteiger partial charge in [0, 0.05) is 5.69 Å². The van der Waals surface area contributed by atoms with Crippen LogP contribution >= 0.6 is 11.6 Å². The average Bonchev–Trinajstić information content (AvgIpc) is 2.34. The van der Waals surface area contributed by atoms with E-state index in [-0.39, 0.29) is 23.5 Å². The van der Waals surface area contributed by atoms with Gasteiger partial charge in [-0.05, 0) is 23.6 Å². The smallest absolute Gasteiger partial charge is 0.306 e. The Labute approximate surface area is 128 Å². The molecule has 0 saturated carbocycles. The number of nitrogens with zero attached hydrogens (tertiary/aromatic N) is 1. The number of hydrogen-bond acceptors (Lipinski definition) is 4. The van der Waals surface area contributed by atoms with E-state index in [0.29, 0.717) is 11.3 Å². The van der Waals surface area contributed by atoms with Gasteiger partial charge in [-0.1, -0.05) is 32.4 Å². The molecule has 112 valence electrons. The first-order valence-electron chi connectivity index (χ1n) is 6.36. The molecule has 0 aliphatic carbocycles. The number of esters is 1. The maximum Gasteiger partial charge on any atom is 0.306 e. The van der Waals surface area contributed by atoms with Crippen LogP contribution in [0, 0.1) is 16.7 Å². The van der Waals surface area contributed by atoms with Crippen molar-refractivity contribution in [2.24, 2.45) is 5.41 Å². The van der Waals surface area contributed by atoms with Gasteiger partial charge in [0.05, 0.1) is 17.0 Å². The predicted octanol–water partition coefficient (Wildman–Crippen LogP) is 3.13. The molecule has 1 N–H and O–H groups in total. The van der Waals surface area contributed by atoms with Gasteiger partial charge in [0.25, 0.3) is 5.91 Å². The first kappa shape index (κ1) is 17.0. The molecular weight excluding hydrogens is 292 g/mol. The first-order valence-corrected chi connectivity index (χ1v) is 6.74. The van der Waals surface area contributed by atoms with Gasteiger partial charge in [-0.15, -0.1) is 0 Å². The number of hydrogen-bond donors (Lipinski definition) is 1. The Kier molecular flexibility index (Phi) is 5.74. The van der Waals surface area contributed by atoms with E-state index < -0.39 is 11.9 Å². The number of halogens is 1. The Balaban J connectivity index is 2.50. The Morgan fingerprint density at radius 3 is 2.57 bits per heavy atom. The van der Waals surface area contributed by atoms with E-state index in [2.05, 4.69) is 5.32 Å². The number of amides is 1. The summed E-state index contributed by atoms with van der Waals surface area (Å²) in [6.07, 6.45) is 0.239. The fourth-order valence-corrected chi connectivity index (χ4v) is 1.73. The van der Waals surface area contributed by atoms with Gasteiger partial charge >= 0.3 is 5.97 Å². The third kappa shape index (κ3) is 6.28. The Morgan fingerprint density at radius 2 is 2.05 bits per heavy atom. The lowest BCUT2D eigenvalue weighted by atomic mass is 9.92. The van der Waals surface area contributed by atoms with Crippen molar-refractivity contribution in [2.75, 3.05) is 11.9 Å². The summed E-state index contributed by atoms with van der Waals surface area (Å²) in [5, 5.41) is 11.5. The molecule has 0 atom stereocenters. The monoisotopic (exact) mass is 308 g/mol. The Bertz CT molecular complexity index is 586. The van der Waals surface area contributed by atoms with Crippen LogP contribution in [-0.4, -0.2) is 18.5 Å². The van der Waals surface area contributed by atoms with E-state index in [1.54, 1.807) is 6.07 Å². The van der Waals surface area contributed by atoms with E-state index in [9.17, 15) is 9.59 Å². The molecular formula is C15H17ClN2O3. The van der Waals surface area contributed by atoms with Crippen LogP contribution in [0.5, 0.6) is 0 Å². The number of benzene rings is 1. The van der Waals surface area contributed by atoms with E-state index in [4.69, 9.17) is 21.6 Å². The molecule has 0 saturated heterocycles. The fourth-order valence-electron chi connectivity index (χ4n) is 1.51. The zero-order valence-corrected chi connectivity index (χ0v) is 13.0. The molecule has 0 aliphatic heterocycles. The van der Waals surface area contributed by atoms with Crippen LogP contribution < -0.4 is 5.32 Å². The van der Waals surface area contributed by atoms with Gasteiger partial charge < -0.3 is 10.1 Å². The second kappa shape index (κ2) is 7.09. The molecule has 6 heteroatoms. The van der Waals surface area contributed by atoms with E-state index in [1.165, 1.54) is 12.1 Å². The molecule has 1 amide bonds. The van der Waals surface area contributed by atoms with Crippen LogP contribution in [0.1, 0.15) is 32.8 Å². The molecule has 0 spiro atoms. The minimum absolute atomic E-state index is 0.186. The molecule has 5 nitrogen and oxygen atoms in total. The number of carbonyl (C=O) groups is 2. The van der Waals surface area contributed by atoms with Crippen molar-refractivity contribution >= 4 is 29.2 Å². The summed E-state index contributed by atoms with van der Waals surface area (Å²) in [6.45, 7) is 5.37. The van der Waals surface area contributed by atoms with Crippen molar-refractivity contribution in [1.29, 1.82) is 5.26 Å². The molecule has 0 aromatic heterocycles. The van der Waals surface area contributed by atoms with Crippen LogP contribution in [0.4, 0.5) is 5.69 Å². The van der Waals surface area contributed by atoms with Crippen LogP contribution in [0.3, 0.4) is 0 Å². The summed E-state index contributed by atoms with van der Waals surface area (Å²) in [5.41, 5.74) is 0.580.